The van der Waals surface area contributed by atoms with Crippen LogP contribution >= 0.6 is 0 Å². The molecule has 1 N–H and O–H groups in total. The van der Waals surface area contributed by atoms with Crippen LogP contribution in [0.2, 0.25) is 0 Å². The van der Waals surface area contributed by atoms with Crippen molar-refractivity contribution in [3.05, 3.63) is 48.0 Å². The first-order valence-electron chi connectivity index (χ1n) is 6.74. The van der Waals surface area contributed by atoms with Gasteiger partial charge in [-0.15, -0.1) is 0 Å². The quantitative estimate of drug-likeness (QED) is 0.882. The van der Waals surface area contributed by atoms with E-state index in [9.17, 15) is 9.18 Å². The molecule has 6 heteroatoms. The number of anilines is 1. The molecule has 5 nitrogen and oxygen atoms in total. The van der Waals surface area contributed by atoms with Gasteiger partial charge in [-0.25, -0.2) is 4.39 Å². The number of benzene rings is 1. The van der Waals surface area contributed by atoms with Gasteiger partial charge in [-0.2, -0.15) is 5.10 Å². The van der Waals surface area contributed by atoms with Gasteiger partial charge in [0, 0.05) is 12.7 Å². The Balaban J connectivity index is 1.86. The molecule has 0 radical (unpaired) electrons. The van der Waals surface area contributed by atoms with E-state index < -0.39 is 0 Å². The highest BCUT2D eigenvalue weighted by atomic mass is 19.1. The standard InChI is InChI=1S/C15H19FN4O/c1-19(2)7-8-20-11-14(10-17-20)18-15(21)9-12-3-5-13(16)6-4-12/h3-6,10-11H,7-9H2,1-2H3,(H,18,21). The van der Waals surface area contributed by atoms with E-state index in [0.29, 0.717) is 5.69 Å². The lowest BCUT2D eigenvalue weighted by atomic mass is 10.1. The maximum absolute atomic E-state index is 12.8. The number of hydrogen-bond acceptors (Lipinski definition) is 3. The molecule has 2 rings (SSSR count). The van der Waals surface area contributed by atoms with Crippen LogP contribution in [0.3, 0.4) is 0 Å². The summed E-state index contributed by atoms with van der Waals surface area (Å²) >= 11 is 0. The van der Waals surface area contributed by atoms with E-state index in [4.69, 9.17) is 0 Å². The highest BCUT2D eigenvalue weighted by Crippen LogP contribution is 2.08. The van der Waals surface area contributed by atoms with Crippen LogP contribution in [0.25, 0.3) is 0 Å². The Labute approximate surface area is 123 Å². The van der Waals surface area contributed by atoms with Crippen molar-refractivity contribution in [2.75, 3.05) is 26.0 Å². The molecule has 1 amide bonds. The van der Waals surface area contributed by atoms with Crippen molar-refractivity contribution in [2.24, 2.45) is 0 Å². The summed E-state index contributed by atoms with van der Waals surface area (Å²) in [6, 6.07) is 5.91. The van der Waals surface area contributed by atoms with Gasteiger partial charge in [-0.3, -0.25) is 9.48 Å². The minimum atomic E-state index is -0.304. The third-order valence-electron chi connectivity index (χ3n) is 2.97. The van der Waals surface area contributed by atoms with Crippen LogP contribution in [0, 0.1) is 5.82 Å². The number of amides is 1. The zero-order chi connectivity index (χ0) is 15.2. The minimum Gasteiger partial charge on any atom is -0.323 e. The molecule has 0 fully saturated rings. The Hall–Kier alpha value is -2.21. The Bertz CT molecular complexity index is 592. The molecule has 0 spiro atoms. The zero-order valence-electron chi connectivity index (χ0n) is 12.2. The van der Waals surface area contributed by atoms with Crippen molar-refractivity contribution in [1.29, 1.82) is 0 Å². The van der Waals surface area contributed by atoms with Gasteiger partial charge in [-0.05, 0) is 31.8 Å². The summed E-state index contributed by atoms with van der Waals surface area (Å²) in [5, 5.41) is 6.97. The highest BCUT2D eigenvalue weighted by molar-refractivity contribution is 5.91. The van der Waals surface area contributed by atoms with Crippen LogP contribution in [0.15, 0.2) is 36.7 Å². The summed E-state index contributed by atoms with van der Waals surface area (Å²) in [6.07, 6.45) is 3.63. The van der Waals surface area contributed by atoms with Crippen LogP contribution in [-0.2, 0) is 17.8 Å². The Morgan fingerprint density at radius 2 is 2.05 bits per heavy atom. The number of halogens is 1. The second-order valence-corrected chi connectivity index (χ2v) is 5.15. The van der Waals surface area contributed by atoms with Crippen LogP contribution in [0.4, 0.5) is 10.1 Å². The number of aromatic nitrogens is 2. The second-order valence-electron chi connectivity index (χ2n) is 5.15. The molecular weight excluding hydrogens is 271 g/mol. The first-order valence-corrected chi connectivity index (χ1v) is 6.74. The average molecular weight is 290 g/mol. The van der Waals surface area contributed by atoms with Gasteiger partial charge in [0.15, 0.2) is 0 Å². The van der Waals surface area contributed by atoms with Gasteiger partial charge >= 0.3 is 0 Å². The summed E-state index contributed by atoms with van der Waals surface area (Å²) in [5.74, 6) is -0.449. The van der Waals surface area contributed by atoms with Gasteiger partial charge in [-0.1, -0.05) is 12.1 Å². The predicted octanol–water partition coefficient (Wildman–Crippen LogP) is 1.76. The number of hydrogen-bond donors (Lipinski definition) is 1. The largest absolute Gasteiger partial charge is 0.323 e. The molecule has 1 aromatic heterocycles. The molecule has 0 saturated carbocycles. The monoisotopic (exact) mass is 290 g/mol. The first-order chi connectivity index (χ1) is 10.0. The normalized spacial score (nSPS) is 10.9. The van der Waals surface area contributed by atoms with Gasteiger partial charge in [0.25, 0.3) is 0 Å². The molecule has 21 heavy (non-hydrogen) atoms. The van der Waals surface area contributed by atoms with Crippen LogP contribution < -0.4 is 5.32 Å². The van der Waals surface area contributed by atoms with Gasteiger partial charge in [0.2, 0.25) is 5.91 Å². The second kappa shape index (κ2) is 6.99. The molecule has 0 bridgehead atoms. The van der Waals surface area contributed by atoms with Crippen molar-refractivity contribution in [3.8, 4) is 0 Å². The molecule has 0 aliphatic carbocycles. The van der Waals surface area contributed by atoms with E-state index >= 15 is 0 Å². The van der Waals surface area contributed by atoms with Crippen LogP contribution in [0.1, 0.15) is 5.56 Å². The van der Waals surface area contributed by atoms with Crippen molar-refractivity contribution in [3.63, 3.8) is 0 Å². The molecule has 112 valence electrons. The van der Waals surface area contributed by atoms with Crippen LogP contribution in [0.5, 0.6) is 0 Å². The number of likely N-dealkylation sites (N-methyl/N-ethyl adjacent to an activating group) is 1. The summed E-state index contributed by atoms with van der Waals surface area (Å²) in [5.41, 5.74) is 1.44. The number of carbonyl (C=O) groups excluding carboxylic acids is 1. The predicted molar refractivity (Wildman–Crippen MR) is 79.5 cm³/mol. The average Bonchev–Trinajstić information content (AvgIpc) is 2.86. The van der Waals surface area contributed by atoms with Gasteiger partial charge in [0.1, 0.15) is 5.82 Å². The fourth-order valence-electron chi connectivity index (χ4n) is 1.85. The molecule has 0 unspecified atom stereocenters. The fourth-order valence-corrected chi connectivity index (χ4v) is 1.85. The van der Waals surface area contributed by atoms with E-state index in [1.54, 1.807) is 29.2 Å². The Kier molecular flexibility index (Phi) is 5.05. The van der Waals surface area contributed by atoms with Gasteiger partial charge in [0.05, 0.1) is 24.8 Å². The summed E-state index contributed by atoms with van der Waals surface area (Å²) in [7, 11) is 3.99. The first kappa shape index (κ1) is 15.2. The summed E-state index contributed by atoms with van der Waals surface area (Å²) in [6.45, 7) is 1.64. The molecule has 1 heterocycles. The van der Waals surface area contributed by atoms with E-state index in [1.165, 1.54) is 12.1 Å². The number of carbonyl (C=O) groups is 1. The molecule has 0 atom stereocenters. The summed E-state index contributed by atoms with van der Waals surface area (Å²) < 4.78 is 14.6. The smallest absolute Gasteiger partial charge is 0.228 e. The minimum absolute atomic E-state index is 0.145. The van der Waals surface area contributed by atoms with Crippen molar-refractivity contribution >= 4 is 11.6 Å². The zero-order valence-corrected chi connectivity index (χ0v) is 12.2. The number of nitrogens with one attached hydrogen (secondary N) is 1. The van der Waals surface area contributed by atoms with Crippen molar-refractivity contribution in [2.45, 2.75) is 13.0 Å². The third kappa shape index (κ3) is 5.00. The number of rotatable bonds is 6. The topological polar surface area (TPSA) is 50.2 Å². The SMILES string of the molecule is CN(C)CCn1cc(NC(=O)Cc2ccc(F)cc2)cn1. The molecule has 0 saturated heterocycles. The van der Waals surface area contributed by atoms with Gasteiger partial charge < -0.3 is 10.2 Å². The van der Waals surface area contributed by atoms with E-state index in [-0.39, 0.29) is 18.1 Å². The van der Waals surface area contributed by atoms with Crippen molar-refractivity contribution in [1.82, 2.24) is 14.7 Å². The molecule has 2 aromatic rings. The van der Waals surface area contributed by atoms with E-state index in [0.717, 1.165) is 18.7 Å². The fraction of sp³-hybridized carbons (Fsp3) is 0.333. The molecular formula is C15H19FN4O. The summed E-state index contributed by atoms with van der Waals surface area (Å²) in [4.78, 5) is 14.0. The Morgan fingerprint density at radius 3 is 2.71 bits per heavy atom. The number of nitrogens with zero attached hydrogens (tertiary/aromatic N) is 3. The third-order valence-corrected chi connectivity index (χ3v) is 2.97. The van der Waals surface area contributed by atoms with E-state index in [1.807, 2.05) is 14.1 Å². The van der Waals surface area contributed by atoms with Crippen molar-refractivity contribution < 1.29 is 9.18 Å². The lowest BCUT2D eigenvalue weighted by molar-refractivity contribution is -0.115. The Morgan fingerprint density at radius 1 is 1.33 bits per heavy atom. The van der Waals surface area contributed by atoms with Crippen LogP contribution in [-0.4, -0.2) is 41.2 Å². The molecule has 1 aromatic carbocycles. The lowest BCUT2D eigenvalue weighted by Crippen LogP contribution is -2.18. The molecule has 0 aliphatic rings. The highest BCUT2D eigenvalue weighted by Gasteiger charge is 2.06. The van der Waals surface area contributed by atoms with E-state index in [2.05, 4.69) is 15.3 Å². The maximum atomic E-state index is 12.8. The maximum Gasteiger partial charge on any atom is 0.228 e. The molecule has 0 aliphatic heterocycles. The lowest BCUT2D eigenvalue weighted by Gasteiger charge is -2.08.